The lowest BCUT2D eigenvalue weighted by Gasteiger charge is -2.28. The fourth-order valence-electron chi connectivity index (χ4n) is 1.43. The Kier molecular flexibility index (Phi) is 3.11. The highest BCUT2D eigenvalue weighted by Gasteiger charge is 2.57. The first-order chi connectivity index (χ1) is 7.23. The number of hydrogen-bond acceptors (Lipinski definition) is 4. The van der Waals surface area contributed by atoms with E-state index in [9.17, 15) is 18.0 Å². The lowest BCUT2D eigenvalue weighted by Crippen LogP contribution is -2.52. The second kappa shape index (κ2) is 3.91. The monoisotopic (exact) mass is 266 g/mol. The van der Waals surface area contributed by atoms with Gasteiger partial charge in [-0.1, -0.05) is 18.2 Å². The van der Waals surface area contributed by atoms with Crippen LogP contribution in [-0.2, 0) is 18.6 Å². The molecule has 0 spiro atoms. The quantitative estimate of drug-likeness (QED) is 0.707. The Morgan fingerprint density at radius 1 is 1.25 bits per heavy atom. The van der Waals surface area contributed by atoms with Crippen molar-refractivity contribution in [2.24, 2.45) is 5.92 Å². The van der Waals surface area contributed by atoms with Gasteiger partial charge in [0.25, 0.3) is 9.05 Å². The van der Waals surface area contributed by atoms with Crippen molar-refractivity contribution in [3.63, 3.8) is 0 Å². The SMILES string of the molecule is O=C(O)C1C=CC=CC1(C(=O)O)S(=O)(=O)Cl. The van der Waals surface area contributed by atoms with Crippen molar-refractivity contribution in [3.8, 4) is 0 Å². The Bertz CT molecular complexity index is 491. The predicted octanol–water partition coefficient (Wildman–Crippen LogP) is 0.205. The Morgan fingerprint density at radius 2 is 1.81 bits per heavy atom. The molecule has 0 aromatic heterocycles. The summed E-state index contributed by atoms with van der Waals surface area (Å²) in [6, 6.07) is 0. The van der Waals surface area contributed by atoms with E-state index in [1.807, 2.05) is 0 Å². The Balaban J connectivity index is 3.52. The highest BCUT2D eigenvalue weighted by Crippen LogP contribution is 2.35. The minimum atomic E-state index is -4.63. The van der Waals surface area contributed by atoms with Gasteiger partial charge in [-0.05, 0) is 6.08 Å². The average Bonchev–Trinajstić information content (AvgIpc) is 2.15. The molecule has 2 N–H and O–H groups in total. The van der Waals surface area contributed by atoms with E-state index in [1.165, 1.54) is 6.08 Å². The van der Waals surface area contributed by atoms with Gasteiger partial charge in [-0.3, -0.25) is 9.59 Å². The third-order valence-corrected chi connectivity index (χ3v) is 4.36. The minimum Gasteiger partial charge on any atom is -0.481 e. The van der Waals surface area contributed by atoms with Crippen molar-refractivity contribution in [1.29, 1.82) is 0 Å². The van der Waals surface area contributed by atoms with E-state index in [-0.39, 0.29) is 0 Å². The van der Waals surface area contributed by atoms with Gasteiger partial charge in [0.15, 0.2) is 0 Å². The molecule has 1 aliphatic carbocycles. The van der Waals surface area contributed by atoms with E-state index >= 15 is 0 Å². The normalized spacial score (nSPS) is 28.9. The Hall–Kier alpha value is -1.34. The molecule has 6 nitrogen and oxygen atoms in total. The van der Waals surface area contributed by atoms with Crippen LogP contribution in [0.5, 0.6) is 0 Å². The molecule has 1 rings (SSSR count). The van der Waals surface area contributed by atoms with Crippen LogP contribution in [0.15, 0.2) is 24.3 Å². The molecule has 8 heteroatoms. The van der Waals surface area contributed by atoms with Gasteiger partial charge in [0.05, 0.1) is 0 Å². The molecule has 0 radical (unpaired) electrons. The van der Waals surface area contributed by atoms with Crippen molar-refractivity contribution in [1.82, 2.24) is 0 Å². The van der Waals surface area contributed by atoms with Crippen molar-refractivity contribution < 1.29 is 28.2 Å². The molecule has 2 unspecified atom stereocenters. The van der Waals surface area contributed by atoms with E-state index in [4.69, 9.17) is 20.9 Å². The Morgan fingerprint density at radius 3 is 2.12 bits per heavy atom. The van der Waals surface area contributed by atoms with E-state index in [0.29, 0.717) is 0 Å². The summed E-state index contributed by atoms with van der Waals surface area (Å²) in [7, 11) is 0.418. The molecule has 0 saturated carbocycles. The first-order valence-electron chi connectivity index (χ1n) is 4.00. The maximum atomic E-state index is 11.3. The molecule has 0 aromatic rings. The van der Waals surface area contributed by atoms with Crippen molar-refractivity contribution >= 4 is 31.7 Å². The van der Waals surface area contributed by atoms with Crippen LogP contribution in [0.4, 0.5) is 0 Å². The van der Waals surface area contributed by atoms with E-state index < -0.39 is 31.7 Å². The smallest absolute Gasteiger partial charge is 0.331 e. The fourth-order valence-corrected chi connectivity index (χ4v) is 3.00. The summed E-state index contributed by atoms with van der Waals surface area (Å²) in [5, 5.41) is 17.7. The molecule has 16 heavy (non-hydrogen) atoms. The van der Waals surface area contributed by atoms with Crippen LogP contribution in [0, 0.1) is 5.92 Å². The van der Waals surface area contributed by atoms with Gasteiger partial charge < -0.3 is 10.2 Å². The number of aliphatic carboxylic acids is 2. The first kappa shape index (κ1) is 12.7. The fraction of sp³-hybridized carbons (Fsp3) is 0.250. The van der Waals surface area contributed by atoms with E-state index in [0.717, 1.165) is 18.2 Å². The van der Waals surface area contributed by atoms with Gasteiger partial charge in [-0.2, -0.15) is 0 Å². The second-order valence-corrected chi connectivity index (χ2v) is 5.87. The van der Waals surface area contributed by atoms with Gasteiger partial charge in [-0.25, -0.2) is 8.42 Å². The second-order valence-electron chi connectivity index (χ2n) is 3.10. The molecule has 88 valence electrons. The molecule has 0 fully saturated rings. The lowest BCUT2D eigenvalue weighted by molar-refractivity contribution is -0.148. The van der Waals surface area contributed by atoms with Gasteiger partial charge in [0.2, 0.25) is 4.75 Å². The molecule has 0 aromatic carbocycles. The van der Waals surface area contributed by atoms with E-state index in [1.54, 1.807) is 0 Å². The van der Waals surface area contributed by atoms with Gasteiger partial charge in [-0.15, -0.1) is 0 Å². The molecule has 0 bridgehead atoms. The van der Waals surface area contributed by atoms with Crippen LogP contribution in [-0.4, -0.2) is 35.3 Å². The van der Waals surface area contributed by atoms with Gasteiger partial charge in [0, 0.05) is 10.7 Å². The summed E-state index contributed by atoms with van der Waals surface area (Å²) < 4.78 is 19.9. The molecule has 0 heterocycles. The highest BCUT2D eigenvalue weighted by atomic mass is 35.7. The van der Waals surface area contributed by atoms with Crippen molar-refractivity contribution in [3.05, 3.63) is 24.3 Å². The van der Waals surface area contributed by atoms with Crippen LogP contribution < -0.4 is 0 Å². The number of carbonyl (C=O) groups is 2. The van der Waals surface area contributed by atoms with Gasteiger partial charge in [0.1, 0.15) is 5.92 Å². The van der Waals surface area contributed by atoms with Gasteiger partial charge >= 0.3 is 11.9 Å². The van der Waals surface area contributed by atoms with Crippen LogP contribution in [0.3, 0.4) is 0 Å². The summed E-state index contributed by atoms with van der Waals surface area (Å²) in [5.74, 6) is -5.15. The van der Waals surface area contributed by atoms with Crippen molar-refractivity contribution in [2.45, 2.75) is 4.75 Å². The number of allylic oxidation sites excluding steroid dienone is 2. The number of carboxylic acid groups (broad SMARTS) is 2. The third kappa shape index (κ3) is 1.72. The zero-order chi connectivity index (χ0) is 12.6. The zero-order valence-corrected chi connectivity index (χ0v) is 9.27. The highest BCUT2D eigenvalue weighted by molar-refractivity contribution is 8.15. The lowest BCUT2D eigenvalue weighted by atomic mass is 9.87. The third-order valence-electron chi connectivity index (χ3n) is 2.22. The number of halogens is 1. The summed E-state index contributed by atoms with van der Waals surface area (Å²) in [4.78, 5) is 21.9. The maximum Gasteiger partial charge on any atom is 0.331 e. The molecular weight excluding hydrogens is 260 g/mol. The standard InChI is InChI=1S/C8H7ClO6S/c9-16(14,15)8(7(12)13)4-2-1-3-5(8)6(10)11/h1-5H,(H,10,11)(H,12,13). The number of hydrogen-bond donors (Lipinski definition) is 2. The Labute approximate surface area is 95.3 Å². The molecule has 0 aliphatic heterocycles. The largest absolute Gasteiger partial charge is 0.481 e. The number of carboxylic acids is 2. The molecule has 1 aliphatic rings. The maximum absolute atomic E-state index is 11.3. The summed E-state index contributed by atoms with van der Waals surface area (Å²) in [6.07, 6.45) is 4.11. The predicted molar refractivity (Wildman–Crippen MR) is 54.5 cm³/mol. The van der Waals surface area contributed by atoms with Crippen LogP contribution in [0.1, 0.15) is 0 Å². The molecule has 2 atom stereocenters. The van der Waals surface area contributed by atoms with E-state index in [2.05, 4.69) is 0 Å². The molecule has 0 amide bonds. The minimum absolute atomic E-state index is 0.760. The summed E-state index contributed by atoms with van der Waals surface area (Å²) in [5.41, 5.74) is 0. The van der Waals surface area contributed by atoms with Crippen LogP contribution in [0.2, 0.25) is 0 Å². The summed E-state index contributed by atoms with van der Waals surface area (Å²) in [6.45, 7) is 0. The first-order valence-corrected chi connectivity index (χ1v) is 6.31. The average molecular weight is 267 g/mol. The van der Waals surface area contributed by atoms with Crippen LogP contribution >= 0.6 is 10.7 Å². The molecule has 0 saturated heterocycles. The summed E-state index contributed by atoms with van der Waals surface area (Å²) >= 11 is 0. The number of rotatable bonds is 3. The van der Waals surface area contributed by atoms with Crippen molar-refractivity contribution in [2.75, 3.05) is 0 Å². The topological polar surface area (TPSA) is 109 Å². The van der Waals surface area contributed by atoms with Crippen LogP contribution in [0.25, 0.3) is 0 Å². The zero-order valence-electron chi connectivity index (χ0n) is 7.70. The molecular formula is C8H7ClO6S.